The smallest absolute Gasteiger partial charge is 0.253 e. The van der Waals surface area contributed by atoms with Crippen LogP contribution < -0.4 is 10.5 Å². The van der Waals surface area contributed by atoms with Crippen LogP contribution in [0.5, 0.6) is 0 Å². The Balaban J connectivity index is 1.48. The molecule has 0 amide bonds. The Morgan fingerprint density at radius 1 is 1.25 bits per heavy atom. The van der Waals surface area contributed by atoms with Gasteiger partial charge in [-0.2, -0.15) is 5.10 Å². The number of hydrogen-bond donors (Lipinski definition) is 0. The van der Waals surface area contributed by atoms with Crippen molar-refractivity contribution in [3.8, 4) is 0 Å². The van der Waals surface area contributed by atoms with Crippen molar-refractivity contribution >= 4 is 11.3 Å². The molecule has 0 radical (unpaired) electrons. The highest BCUT2D eigenvalue weighted by Crippen LogP contribution is 2.26. The van der Waals surface area contributed by atoms with E-state index in [1.807, 2.05) is 17.6 Å². The van der Waals surface area contributed by atoms with Crippen LogP contribution in [0.1, 0.15) is 18.5 Å². The monoisotopic (exact) mass is 324 g/mol. The minimum absolute atomic E-state index is 0.0219. The molecule has 0 aliphatic carbocycles. The van der Waals surface area contributed by atoms with E-state index < -0.39 is 0 Å². The zero-order chi connectivity index (χ0) is 16.5. The SMILES string of the molecule is Cc1cc2c(N3CCC(Cn4cnccc4=O)CC3)nccn2n1. The van der Waals surface area contributed by atoms with Crippen molar-refractivity contribution in [1.29, 1.82) is 0 Å². The fraction of sp³-hybridized carbons (Fsp3) is 0.412. The molecular formula is C17H20N6O. The third-order valence-corrected chi connectivity index (χ3v) is 4.65. The van der Waals surface area contributed by atoms with Crippen molar-refractivity contribution < 1.29 is 0 Å². The van der Waals surface area contributed by atoms with Gasteiger partial charge in [-0.25, -0.2) is 14.5 Å². The fourth-order valence-electron chi connectivity index (χ4n) is 3.40. The van der Waals surface area contributed by atoms with Crippen molar-refractivity contribution in [2.75, 3.05) is 18.0 Å². The summed E-state index contributed by atoms with van der Waals surface area (Å²) in [7, 11) is 0. The molecule has 1 fully saturated rings. The van der Waals surface area contributed by atoms with Crippen LogP contribution in [0.25, 0.3) is 5.52 Å². The molecule has 3 aromatic rings. The second kappa shape index (κ2) is 6.07. The number of piperidine rings is 1. The minimum atomic E-state index is 0.0219. The molecule has 1 saturated heterocycles. The van der Waals surface area contributed by atoms with Crippen molar-refractivity contribution in [2.45, 2.75) is 26.3 Å². The van der Waals surface area contributed by atoms with Gasteiger partial charge in [-0.15, -0.1) is 0 Å². The van der Waals surface area contributed by atoms with Crippen LogP contribution in [0.15, 0.2) is 41.8 Å². The molecule has 4 heterocycles. The Bertz CT molecular complexity index is 907. The van der Waals surface area contributed by atoms with Crippen molar-refractivity contribution in [3.63, 3.8) is 0 Å². The summed E-state index contributed by atoms with van der Waals surface area (Å²) in [5.74, 6) is 1.49. The van der Waals surface area contributed by atoms with E-state index in [1.165, 1.54) is 6.07 Å². The molecule has 124 valence electrons. The van der Waals surface area contributed by atoms with E-state index in [1.54, 1.807) is 23.3 Å². The zero-order valence-electron chi connectivity index (χ0n) is 13.7. The van der Waals surface area contributed by atoms with Crippen molar-refractivity contribution in [3.05, 3.63) is 53.1 Å². The first-order valence-electron chi connectivity index (χ1n) is 8.27. The van der Waals surface area contributed by atoms with Gasteiger partial charge in [-0.1, -0.05) is 0 Å². The predicted octanol–water partition coefficient (Wildman–Crippen LogP) is 1.51. The second-order valence-electron chi connectivity index (χ2n) is 6.37. The maximum Gasteiger partial charge on any atom is 0.253 e. The van der Waals surface area contributed by atoms with Gasteiger partial charge in [0.1, 0.15) is 5.52 Å². The summed E-state index contributed by atoms with van der Waals surface area (Å²) in [6.45, 7) is 4.62. The van der Waals surface area contributed by atoms with Crippen LogP contribution in [-0.2, 0) is 6.54 Å². The van der Waals surface area contributed by atoms with E-state index in [0.29, 0.717) is 5.92 Å². The lowest BCUT2D eigenvalue weighted by Gasteiger charge is -2.33. The summed E-state index contributed by atoms with van der Waals surface area (Å²) >= 11 is 0. The lowest BCUT2D eigenvalue weighted by atomic mass is 9.96. The molecule has 24 heavy (non-hydrogen) atoms. The number of nitrogens with zero attached hydrogens (tertiary/aromatic N) is 6. The standard InChI is InChI=1S/C17H20N6O/c1-13-10-15-17(19-6-9-23(15)20-13)21-7-3-14(4-8-21)11-22-12-18-5-2-16(22)24/h2,5-6,9-10,12,14H,3-4,7-8,11H2,1H3. The zero-order valence-corrected chi connectivity index (χ0v) is 13.7. The summed E-state index contributed by atoms with van der Waals surface area (Å²) in [5.41, 5.74) is 2.07. The van der Waals surface area contributed by atoms with Gasteiger partial charge >= 0.3 is 0 Å². The van der Waals surface area contributed by atoms with Gasteiger partial charge in [-0.05, 0) is 31.7 Å². The number of fused-ring (bicyclic) bond motifs is 1. The summed E-state index contributed by atoms with van der Waals surface area (Å²) in [6.07, 6.45) is 8.94. The molecule has 0 spiro atoms. The van der Waals surface area contributed by atoms with Crippen molar-refractivity contribution in [2.24, 2.45) is 5.92 Å². The number of aryl methyl sites for hydroxylation is 1. The van der Waals surface area contributed by atoms with E-state index in [4.69, 9.17) is 0 Å². The van der Waals surface area contributed by atoms with Crippen LogP contribution in [0.3, 0.4) is 0 Å². The van der Waals surface area contributed by atoms with E-state index in [9.17, 15) is 4.79 Å². The highest BCUT2D eigenvalue weighted by Gasteiger charge is 2.22. The fourth-order valence-corrected chi connectivity index (χ4v) is 3.40. The predicted molar refractivity (Wildman–Crippen MR) is 91.2 cm³/mol. The number of aromatic nitrogens is 5. The number of hydrogen-bond acceptors (Lipinski definition) is 5. The molecule has 0 saturated carbocycles. The summed E-state index contributed by atoms with van der Waals surface area (Å²) in [6, 6.07) is 3.59. The van der Waals surface area contributed by atoms with Crippen LogP contribution in [0, 0.1) is 12.8 Å². The Morgan fingerprint density at radius 2 is 2.08 bits per heavy atom. The molecule has 1 aliphatic rings. The normalized spacial score (nSPS) is 16.0. The van der Waals surface area contributed by atoms with Crippen molar-refractivity contribution in [1.82, 2.24) is 24.1 Å². The van der Waals surface area contributed by atoms with Gasteiger partial charge in [0.2, 0.25) is 0 Å². The van der Waals surface area contributed by atoms with Crippen LogP contribution in [0.2, 0.25) is 0 Å². The maximum atomic E-state index is 11.8. The molecule has 0 bridgehead atoms. The lowest BCUT2D eigenvalue weighted by Crippen LogP contribution is -2.37. The molecule has 1 aliphatic heterocycles. The van der Waals surface area contributed by atoms with Gasteiger partial charge < -0.3 is 4.90 Å². The van der Waals surface area contributed by atoms with E-state index in [2.05, 4.69) is 26.0 Å². The molecule has 0 N–H and O–H groups in total. The van der Waals surface area contributed by atoms with Crippen LogP contribution in [-0.4, -0.2) is 37.2 Å². The van der Waals surface area contributed by atoms with Crippen LogP contribution in [0.4, 0.5) is 5.82 Å². The molecule has 4 rings (SSSR count). The maximum absolute atomic E-state index is 11.8. The lowest BCUT2D eigenvalue weighted by molar-refractivity contribution is 0.350. The summed E-state index contributed by atoms with van der Waals surface area (Å²) in [4.78, 5) is 22.7. The molecule has 7 nitrogen and oxygen atoms in total. The first kappa shape index (κ1) is 14.9. The van der Waals surface area contributed by atoms with E-state index in [-0.39, 0.29) is 5.56 Å². The summed E-state index contributed by atoms with van der Waals surface area (Å²) < 4.78 is 3.60. The summed E-state index contributed by atoms with van der Waals surface area (Å²) in [5, 5.41) is 4.45. The average Bonchev–Trinajstić information content (AvgIpc) is 2.98. The van der Waals surface area contributed by atoms with Crippen LogP contribution >= 0.6 is 0 Å². The average molecular weight is 324 g/mol. The molecule has 0 atom stereocenters. The Hall–Kier alpha value is -2.70. The highest BCUT2D eigenvalue weighted by atomic mass is 16.1. The highest BCUT2D eigenvalue weighted by molar-refractivity contribution is 5.69. The molecule has 0 aromatic carbocycles. The molecule has 3 aromatic heterocycles. The molecule has 0 unspecified atom stereocenters. The largest absolute Gasteiger partial charge is 0.355 e. The topological polar surface area (TPSA) is 68.3 Å². The van der Waals surface area contributed by atoms with Gasteiger partial charge in [0.25, 0.3) is 5.56 Å². The first-order valence-corrected chi connectivity index (χ1v) is 8.27. The van der Waals surface area contributed by atoms with Gasteiger partial charge in [0.05, 0.1) is 12.0 Å². The quantitative estimate of drug-likeness (QED) is 0.730. The Morgan fingerprint density at radius 3 is 2.88 bits per heavy atom. The molecule has 7 heteroatoms. The Labute approximate surface area is 139 Å². The third-order valence-electron chi connectivity index (χ3n) is 4.65. The minimum Gasteiger partial charge on any atom is -0.355 e. The van der Waals surface area contributed by atoms with E-state index in [0.717, 1.165) is 49.5 Å². The molecular weight excluding hydrogens is 304 g/mol. The van der Waals surface area contributed by atoms with Gasteiger partial charge in [-0.3, -0.25) is 9.36 Å². The first-order chi connectivity index (χ1) is 11.7. The number of anilines is 1. The van der Waals surface area contributed by atoms with E-state index >= 15 is 0 Å². The Kier molecular flexibility index (Phi) is 3.76. The number of rotatable bonds is 3. The van der Waals surface area contributed by atoms with Gasteiger partial charge in [0, 0.05) is 44.3 Å². The third kappa shape index (κ3) is 2.77. The second-order valence-corrected chi connectivity index (χ2v) is 6.37. The van der Waals surface area contributed by atoms with Gasteiger partial charge in [0.15, 0.2) is 5.82 Å².